The Balaban J connectivity index is 2.14. The van der Waals surface area contributed by atoms with E-state index in [2.05, 4.69) is 20.8 Å². The Hall–Kier alpha value is -0.0800. The number of rotatable bonds is 2. The minimum Gasteiger partial charge on any atom is -0.396 e. The number of ether oxygens (including phenoxy) is 1. The summed E-state index contributed by atoms with van der Waals surface area (Å²) in [5.74, 6) is 2.61. The average Bonchev–Trinajstić information content (AvgIpc) is 2.48. The largest absolute Gasteiger partial charge is 0.396 e. The molecule has 4 unspecified atom stereocenters. The number of aliphatic hydroxyl groups excluding tert-OH is 1. The fourth-order valence-electron chi connectivity index (χ4n) is 4.19. The van der Waals surface area contributed by atoms with Crippen LogP contribution < -0.4 is 0 Å². The van der Waals surface area contributed by atoms with Gasteiger partial charge in [0.2, 0.25) is 0 Å². The van der Waals surface area contributed by atoms with Crippen molar-refractivity contribution in [3.8, 4) is 0 Å². The average molecular weight is 240 g/mol. The molecule has 0 aromatic rings. The molecule has 0 bridgehead atoms. The lowest BCUT2D eigenvalue weighted by Gasteiger charge is -2.42. The van der Waals surface area contributed by atoms with Crippen molar-refractivity contribution in [1.29, 1.82) is 0 Å². The maximum absolute atomic E-state index is 9.45. The molecule has 17 heavy (non-hydrogen) atoms. The number of hydrogen-bond acceptors (Lipinski definition) is 2. The molecule has 0 spiro atoms. The third kappa shape index (κ3) is 2.85. The summed E-state index contributed by atoms with van der Waals surface area (Å²) < 4.78 is 6.12. The summed E-state index contributed by atoms with van der Waals surface area (Å²) in [6.07, 6.45) is 7.33. The highest BCUT2D eigenvalue weighted by molar-refractivity contribution is 4.90. The minimum atomic E-state index is 0.330. The molecule has 1 saturated heterocycles. The van der Waals surface area contributed by atoms with Gasteiger partial charge in [-0.15, -0.1) is 0 Å². The van der Waals surface area contributed by atoms with Crippen molar-refractivity contribution in [2.75, 3.05) is 6.61 Å². The molecule has 0 aromatic heterocycles. The predicted molar refractivity (Wildman–Crippen MR) is 69.8 cm³/mol. The Labute approximate surface area is 106 Å². The second-order valence-electron chi connectivity index (χ2n) is 6.32. The molecule has 0 aromatic carbocycles. The van der Waals surface area contributed by atoms with Crippen molar-refractivity contribution in [3.63, 3.8) is 0 Å². The fraction of sp³-hybridized carbons (Fsp3) is 1.00. The van der Waals surface area contributed by atoms with Crippen LogP contribution in [-0.2, 0) is 4.74 Å². The molecule has 1 N–H and O–H groups in total. The molecule has 6 atom stereocenters. The van der Waals surface area contributed by atoms with E-state index in [1.807, 2.05) is 0 Å². The van der Waals surface area contributed by atoms with Crippen molar-refractivity contribution in [1.82, 2.24) is 0 Å². The van der Waals surface area contributed by atoms with Gasteiger partial charge in [-0.25, -0.2) is 0 Å². The Morgan fingerprint density at radius 1 is 1.18 bits per heavy atom. The van der Waals surface area contributed by atoms with Crippen LogP contribution in [0.5, 0.6) is 0 Å². The van der Waals surface area contributed by atoms with E-state index in [0.717, 1.165) is 5.92 Å². The third-order valence-corrected chi connectivity index (χ3v) is 5.10. The van der Waals surface area contributed by atoms with Crippen molar-refractivity contribution in [2.45, 2.75) is 65.1 Å². The first kappa shape index (κ1) is 13.4. The fourth-order valence-corrected chi connectivity index (χ4v) is 4.19. The monoisotopic (exact) mass is 240 g/mol. The van der Waals surface area contributed by atoms with E-state index in [9.17, 15) is 5.11 Å². The van der Waals surface area contributed by atoms with Gasteiger partial charge in [0, 0.05) is 6.61 Å². The molecular weight excluding hydrogens is 212 g/mol. The highest BCUT2D eigenvalue weighted by atomic mass is 16.5. The first-order valence-electron chi connectivity index (χ1n) is 7.39. The maximum Gasteiger partial charge on any atom is 0.0584 e. The molecule has 1 aliphatic carbocycles. The van der Waals surface area contributed by atoms with Gasteiger partial charge in [0.15, 0.2) is 0 Å². The molecule has 0 amide bonds. The lowest BCUT2D eigenvalue weighted by atomic mass is 9.65. The second kappa shape index (κ2) is 5.71. The highest BCUT2D eigenvalue weighted by Gasteiger charge is 2.41. The zero-order valence-electron chi connectivity index (χ0n) is 11.6. The predicted octanol–water partition coefficient (Wildman–Crippen LogP) is 3.23. The molecule has 2 heteroatoms. The molecule has 1 heterocycles. The summed E-state index contributed by atoms with van der Waals surface area (Å²) in [5, 5.41) is 9.45. The SMILES string of the molecule is CC1O[C@@H](C)CCC2CCCC([C@@H](C)CO)C21. The summed E-state index contributed by atoms with van der Waals surface area (Å²) in [6, 6.07) is 0. The molecular formula is C15H28O2. The van der Waals surface area contributed by atoms with Gasteiger partial charge in [-0.2, -0.15) is 0 Å². The normalized spacial score (nSPS) is 44.8. The molecule has 100 valence electrons. The maximum atomic E-state index is 9.45. The van der Waals surface area contributed by atoms with Crippen LogP contribution >= 0.6 is 0 Å². The van der Waals surface area contributed by atoms with Gasteiger partial charge >= 0.3 is 0 Å². The Kier molecular flexibility index (Phi) is 4.48. The van der Waals surface area contributed by atoms with Crippen molar-refractivity contribution >= 4 is 0 Å². The van der Waals surface area contributed by atoms with Crippen LogP contribution in [0.25, 0.3) is 0 Å². The number of hydrogen-bond donors (Lipinski definition) is 1. The quantitative estimate of drug-likeness (QED) is 0.803. The van der Waals surface area contributed by atoms with Crippen LogP contribution in [0.3, 0.4) is 0 Å². The molecule has 2 rings (SSSR count). The molecule has 2 fully saturated rings. The van der Waals surface area contributed by atoms with Crippen LogP contribution in [-0.4, -0.2) is 23.9 Å². The molecule has 1 saturated carbocycles. The van der Waals surface area contributed by atoms with Crippen LogP contribution in [0.1, 0.15) is 52.9 Å². The molecule has 1 aliphatic heterocycles. The van der Waals surface area contributed by atoms with Gasteiger partial charge < -0.3 is 9.84 Å². The van der Waals surface area contributed by atoms with E-state index in [0.29, 0.717) is 36.6 Å². The summed E-state index contributed by atoms with van der Waals surface area (Å²) in [4.78, 5) is 0. The second-order valence-corrected chi connectivity index (χ2v) is 6.32. The summed E-state index contributed by atoms with van der Waals surface area (Å²) in [5.41, 5.74) is 0. The lowest BCUT2D eigenvalue weighted by molar-refractivity contribution is -0.0583. The van der Waals surface area contributed by atoms with Crippen molar-refractivity contribution < 1.29 is 9.84 Å². The number of aliphatic hydroxyl groups is 1. The summed E-state index contributed by atoms with van der Waals surface area (Å²) in [6.45, 7) is 6.99. The van der Waals surface area contributed by atoms with Crippen LogP contribution in [0, 0.1) is 23.7 Å². The zero-order chi connectivity index (χ0) is 12.4. The molecule has 2 aliphatic rings. The topological polar surface area (TPSA) is 29.5 Å². The van der Waals surface area contributed by atoms with E-state index in [1.165, 1.54) is 32.1 Å². The van der Waals surface area contributed by atoms with E-state index < -0.39 is 0 Å². The van der Waals surface area contributed by atoms with Gasteiger partial charge in [0.05, 0.1) is 12.2 Å². The van der Waals surface area contributed by atoms with Gasteiger partial charge in [-0.05, 0) is 56.8 Å². The third-order valence-electron chi connectivity index (χ3n) is 5.10. The first-order valence-corrected chi connectivity index (χ1v) is 7.39. The van der Waals surface area contributed by atoms with Crippen LogP contribution in [0.15, 0.2) is 0 Å². The van der Waals surface area contributed by atoms with E-state index in [1.54, 1.807) is 0 Å². The highest BCUT2D eigenvalue weighted by Crippen LogP contribution is 2.45. The Bertz CT molecular complexity index is 241. The smallest absolute Gasteiger partial charge is 0.0584 e. The minimum absolute atomic E-state index is 0.330. The van der Waals surface area contributed by atoms with Gasteiger partial charge in [-0.3, -0.25) is 0 Å². The zero-order valence-corrected chi connectivity index (χ0v) is 11.6. The van der Waals surface area contributed by atoms with Gasteiger partial charge in [0.25, 0.3) is 0 Å². The van der Waals surface area contributed by atoms with Crippen molar-refractivity contribution in [3.05, 3.63) is 0 Å². The van der Waals surface area contributed by atoms with Crippen molar-refractivity contribution in [2.24, 2.45) is 23.7 Å². The van der Waals surface area contributed by atoms with Gasteiger partial charge in [0.1, 0.15) is 0 Å². The number of fused-ring (bicyclic) bond motifs is 1. The summed E-state index contributed by atoms with van der Waals surface area (Å²) in [7, 11) is 0. The van der Waals surface area contributed by atoms with Gasteiger partial charge in [-0.1, -0.05) is 19.8 Å². The van der Waals surface area contributed by atoms with E-state index >= 15 is 0 Å². The molecule has 2 nitrogen and oxygen atoms in total. The summed E-state index contributed by atoms with van der Waals surface area (Å²) >= 11 is 0. The Morgan fingerprint density at radius 3 is 2.65 bits per heavy atom. The molecule has 0 radical (unpaired) electrons. The van der Waals surface area contributed by atoms with E-state index in [-0.39, 0.29) is 0 Å². The Morgan fingerprint density at radius 2 is 1.94 bits per heavy atom. The van der Waals surface area contributed by atoms with E-state index in [4.69, 9.17) is 4.74 Å². The first-order chi connectivity index (χ1) is 8.13. The lowest BCUT2D eigenvalue weighted by Crippen LogP contribution is -2.40. The van der Waals surface area contributed by atoms with Crippen LogP contribution in [0.2, 0.25) is 0 Å². The standard InChI is InChI=1S/C15H28O2/c1-10(9-16)14-6-4-5-13-8-7-11(2)17-12(3)15(13)14/h10-16H,4-9H2,1-3H3/t10-,11-,12?,13?,14?,15?/m0/s1. The van der Waals surface area contributed by atoms with Crippen LogP contribution in [0.4, 0.5) is 0 Å².